The van der Waals surface area contributed by atoms with Crippen molar-refractivity contribution >= 4 is 0 Å². The third kappa shape index (κ3) is 3.37. The number of hydrogen-bond donors (Lipinski definition) is 0. The highest BCUT2D eigenvalue weighted by Crippen LogP contribution is 2.29. The number of hydrogen-bond acceptors (Lipinski definition) is 5. The van der Waals surface area contributed by atoms with Gasteiger partial charge in [0.15, 0.2) is 0 Å². The average Bonchev–Trinajstić information content (AvgIpc) is 2.61. The average molecular weight is 331 g/mol. The van der Waals surface area contributed by atoms with Crippen LogP contribution >= 0.6 is 0 Å². The summed E-state index contributed by atoms with van der Waals surface area (Å²) in [5, 5.41) is 15.7. The molecule has 0 N–H and O–H groups in total. The maximum absolute atomic E-state index is 12.5. The standard InChI is InChI=1S/C16H12F3N5/c1-2-10-3-5-11(6-4-10)14-21-23-15(24-22-14)13-8-7-12(9-20-13)16(17,18)19/h3-9H,2H2,1H3. The van der Waals surface area contributed by atoms with Crippen molar-refractivity contribution in [2.45, 2.75) is 19.5 Å². The van der Waals surface area contributed by atoms with Crippen LogP contribution in [0.15, 0.2) is 42.6 Å². The summed E-state index contributed by atoms with van der Waals surface area (Å²) in [6.45, 7) is 2.06. The van der Waals surface area contributed by atoms with Gasteiger partial charge >= 0.3 is 6.18 Å². The minimum atomic E-state index is -4.43. The Labute approximate surface area is 135 Å². The minimum Gasteiger partial charge on any atom is -0.252 e. The van der Waals surface area contributed by atoms with Gasteiger partial charge in [-0.1, -0.05) is 31.2 Å². The van der Waals surface area contributed by atoms with Crippen molar-refractivity contribution < 1.29 is 13.2 Å². The van der Waals surface area contributed by atoms with Crippen LogP contribution in [0.4, 0.5) is 13.2 Å². The van der Waals surface area contributed by atoms with Crippen LogP contribution in [0.2, 0.25) is 0 Å². The molecule has 122 valence electrons. The maximum atomic E-state index is 12.5. The maximum Gasteiger partial charge on any atom is 0.417 e. The summed E-state index contributed by atoms with van der Waals surface area (Å²) in [5.41, 5.74) is 1.29. The highest BCUT2D eigenvalue weighted by atomic mass is 19.4. The van der Waals surface area contributed by atoms with Crippen LogP contribution < -0.4 is 0 Å². The molecule has 2 heterocycles. The summed E-state index contributed by atoms with van der Waals surface area (Å²) >= 11 is 0. The van der Waals surface area contributed by atoms with Crippen LogP contribution in [0.25, 0.3) is 22.9 Å². The zero-order chi connectivity index (χ0) is 17.2. The SMILES string of the molecule is CCc1ccc(-c2nnc(-c3ccc(C(F)(F)F)cn3)nn2)cc1. The third-order valence-corrected chi connectivity index (χ3v) is 3.42. The summed E-state index contributed by atoms with van der Waals surface area (Å²) in [6, 6.07) is 9.77. The molecule has 0 saturated carbocycles. The summed E-state index contributed by atoms with van der Waals surface area (Å²) in [7, 11) is 0. The van der Waals surface area contributed by atoms with Crippen LogP contribution in [0, 0.1) is 0 Å². The molecule has 0 fully saturated rings. The van der Waals surface area contributed by atoms with E-state index in [1.165, 1.54) is 11.6 Å². The Morgan fingerprint density at radius 2 is 1.46 bits per heavy atom. The van der Waals surface area contributed by atoms with Gasteiger partial charge in [-0.2, -0.15) is 13.2 Å². The smallest absolute Gasteiger partial charge is 0.252 e. The van der Waals surface area contributed by atoms with E-state index in [-0.39, 0.29) is 11.5 Å². The van der Waals surface area contributed by atoms with Gasteiger partial charge in [-0.25, -0.2) is 0 Å². The lowest BCUT2D eigenvalue weighted by Gasteiger charge is -2.06. The Morgan fingerprint density at radius 3 is 1.96 bits per heavy atom. The van der Waals surface area contributed by atoms with E-state index in [2.05, 4.69) is 32.3 Å². The van der Waals surface area contributed by atoms with Crippen molar-refractivity contribution in [1.82, 2.24) is 25.4 Å². The topological polar surface area (TPSA) is 64.5 Å². The number of aromatic nitrogens is 5. The van der Waals surface area contributed by atoms with Gasteiger partial charge in [0.2, 0.25) is 11.6 Å². The lowest BCUT2D eigenvalue weighted by atomic mass is 10.1. The number of alkyl halides is 3. The fraction of sp³-hybridized carbons (Fsp3) is 0.188. The molecule has 5 nitrogen and oxygen atoms in total. The van der Waals surface area contributed by atoms with Crippen LogP contribution in [0.1, 0.15) is 18.1 Å². The fourth-order valence-electron chi connectivity index (χ4n) is 2.03. The van der Waals surface area contributed by atoms with E-state index in [1.54, 1.807) is 0 Å². The first-order chi connectivity index (χ1) is 11.5. The molecule has 0 spiro atoms. The molecule has 24 heavy (non-hydrogen) atoms. The van der Waals surface area contributed by atoms with Crippen molar-refractivity contribution in [2.75, 3.05) is 0 Å². The van der Waals surface area contributed by atoms with Gasteiger partial charge in [-0.15, -0.1) is 20.4 Å². The Bertz CT molecular complexity index is 812. The zero-order valence-corrected chi connectivity index (χ0v) is 12.6. The molecule has 1 aromatic carbocycles. The van der Waals surface area contributed by atoms with E-state index in [0.717, 1.165) is 24.2 Å². The van der Waals surface area contributed by atoms with Crippen molar-refractivity contribution in [3.63, 3.8) is 0 Å². The molecule has 2 aromatic heterocycles. The molecule has 3 rings (SSSR count). The molecular formula is C16H12F3N5. The van der Waals surface area contributed by atoms with E-state index < -0.39 is 11.7 Å². The van der Waals surface area contributed by atoms with E-state index >= 15 is 0 Å². The summed E-state index contributed by atoms with van der Waals surface area (Å²) < 4.78 is 37.6. The molecular weight excluding hydrogens is 319 g/mol. The highest BCUT2D eigenvalue weighted by molar-refractivity contribution is 5.55. The number of pyridine rings is 1. The van der Waals surface area contributed by atoms with Crippen LogP contribution in [0.5, 0.6) is 0 Å². The molecule has 0 atom stereocenters. The van der Waals surface area contributed by atoms with Gasteiger partial charge in [0.1, 0.15) is 5.69 Å². The highest BCUT2D eigenvalue weighted by Gasteiger charge is 2.30. The van der Waals surface area contributed by atoms with Gasteiger partial charge in [0, 0.05) is 11.8 Å². The van der Waals surface area contributed by atoms with Crippen LogP contribution in [0.3, 0.4) is 0 Å². The quantitative estimate of drug-likeness (QED) is 0.734. The predicted molar refractivity (Wildman–Crippen MR) is 80.7 cm³/mol. The molecule has 8 heteroatoms. The second-order valence-electron chi connectivity index (χ2n) is 5.03. The van der Waals surface area contributed by atoms with Crippen molar-refractivity contribution in [3.05, 3.63) is 53.7 Å². The summed E-state index contributed by atoms with van der Waals surface area (Å²) in [6.07, 6.45) is -2.77. The molecule has 0 bridgehead atoms. The second kappa shape index (κ2) is 6.31. The third-order valence-electron chi connectivity index (χ3n) is 3.42. The first kappa shape index (κ1) is 16.0. The normalized spacial score (nSPS) is 11.5. The van der Waals surface area contributed by atoms with Gasteiger partial charge < -0.3 is 0 Å². The van der Waals surface area contributed by atoms with E-state index in [9.17, 15) is 13.2 Å². The Morgan fingerprint density at radius 1 is 0.833 bits per heavy atom. The second-order valence-corrected chi connectivity index (χ2v) is 5.03. The first-order valence-corrected chi connectivity index (χ1v) is 7.17. The Hall–Kier alpha value is -2.90. The van der Waals surface area contributed by atoms with E-state index in [0.29, 0.717) is 5.82 Å². The van der Waals surface area contributed by atoms with Gasteiger partial charge in [-0.3, -0.25) is 4.98 Å². The van der Waals surface area contributed by atoms with Crippen molar-refractivity contribution in [1.29, 1.82) is 0 Å². The van der Waals surface area contributed by atoms with Gasteiger partial charge in [0.05, 0.1) is 5.56 Å². The van der Waals surface area contributed by atoms with E-state index in [4.69, 9.17) is 0 Å². The monoisotopic (exact) mass is 331 g/mol. The molecule has 0 aliphatic carbocycles. The number of benzene rings is 1. The first-order valence-electron chi connectivity index (χ1n) is 7.17. The molecule has 0 amide bonds. The fourth-order valence-corrected chi connectivity index (χ4v) is 2.03. The summed E-state index contributed by atoms with van der Waals surface area (Å²) in [5.74, 6) is 0.408. The lowest BCUT2D eigenvalue weighted by Crippen LogP contribution is -2.06. The zero-order valence-electron chi connectivity index (χ0n) is 12.6. The number of nitrogens with zero attached hydrogens (tertiary/aromatic N) is 5. The van der Waals surface area contributed by atoms with Crippen molar-refractivity contribution in [2.24, 2.45) is 0 Å². The van der Waals surface area contributed by atoms with Crippen LogP contribution in [-0.2, 0) is 12.6 Å². The van der Waals surface area contributed by atoms with Gasteiger partial charge in [-0.05, 0) is 24.1 Å². The van der Waals surface area contributed by atoms with Crippen molar-refractivity contribution in [3.8, 4) is 22.9 Å². The van der Waals surface area contributed by atoms with Crippen LogP contribution in [-0.4, -0.2) is 25.4 Å². The molecule has 0 aliphatic rings. The lowest BCUT2D eigenvalue weighted by molar-refractivity contribution is -0.137. The molecule has 0 radical (unpaired) electrons. The Balaban J connectivity index is 1.83. The summed E-state index contributed by atoms with van der Waals surface area (Å²) in [4.78, 5) is 3.72. The Kier molecular flexibility index (Phi) is 4.20. The molecule has 3 aromatic rings. The molecule has 0 saturated heterocycles. The largest absolute Gasteiger partial charge is 0.417 e. The van der Waals surface area contributed by atoms with E-state index in [1.807, 2.05) is 24.3 Å². The predicted octanol–water partition coefficient (Wildman–Crippen LogP) is 3.58. The molecule has 0 unspecified atom stereocenters. The minimum absolute atomic E-state index is 0.0673. The molecule has 0 aliphatic heterocycles. The number of halogens is 3. The van der Waals surface area contributed by atoms with Gasteiger partial charge in [0.25, 0.3) is 0 Å². The number of rotatable bonds is 3. The number of aryl methyl sites for hydroxylation is 1.